The first-order valence-electron chi connectivity index (χ1n) is 24.4. The Labute approximate surface area is 366 Å². The van der Waals surface area contributed by atoms with Gasteiger partial charge in [-0.25, -0.2) is 4.57 Å². The van der Waals surface area contributed by atoms with Crippen LogP contribution in [0.4, 0.5) is 0 Å². The van der Waals surface area contributed by atoms with Crippen LogP contribution in [0.3, 0.4) is 0 Å². The highest BCUT2D eigenvalue weighted by Crippen LogP contribution is 2.43. The highest BCUT2D eigenvalue weighted by Gasteiger charge is 2.28. The van der Waals surface area contributed by atoms with Gasteiger partial charge < -0.3 is 25.2 Å². The Morgan fingerprint density at radius 2 is 0.833 bits per heavy atom. The van der Waals surface area contributed by atoms with Gasteiger partial charge in [-0.2, -0.15) is 0 Å². The topological polar surface area (TPSA) is 172 Å². The summed E-state index contributed by atoms with van der Waals surface area (Å²) in [4.78, 5) is 46.1. The highest BCUT2D eigenvalue weighted by molar-refractivity contribution is 7.47. The molecule has 0 saturated heterocycles. The number of allylic oxidation sites excluding steroid dienone is 4. The maximum Gasteiger partial charge on any atom is 0.472 e. The average molecular weight is 872 g/mol. The van der Waals surface area contributed by atoms with Crippen molar-refractivity contribution in [3.8, 4) is 0 Å². The van der Waals surface area contributed by atoms with Gasteiger partial charge in [-0.1, -0.05) is 179 Å². The lowest BCUT2D eigenvalue weighted by Gasteiger charge is -2.20. The third-order valence-corrected chi connectivity index (χ3v) is 11.6. The fourth-order valence-corrected chi connectivity index (χ4v) is 7.60. The molecule has 11 nitrogen and oxygen atoms in total. The lowest BCUT2D eigenvalue weighted by Crippen LogP contribution is -2.34. The standard InChI is InChI=1S/C48H90NO10P/c1-3-5-7-9-11-13-15-17-19-20-21-22-23-24-26-27-29-31-33-35-37-39-46(50)56-41-44(42-57-60(54,55)58-43-45(49)48(52)53)59-47(51)40-38-36-34-32-30-28-25-18-16-14-12-10-8-6-4-2/h14,16-17,19,44-45H,3-13,15,18,20-43,49H2,1-2H3,(H,52,53)(H,54,55)/b16-14+,19-17+/t44-,45-/m0/s1. The first-order chi connectivity index (χ1) is 29.1. The van der Waals surface area contributed by atoms with Crippen molar-refractivity contribution in [3.63, 3.8) is 0 Å². The Morgan fingerprint density at radius 3 is 1.23 bits per heavy atom. The van der Waals surface area contributed by atoms with Gasteiger partial charge in [-0.3, -0.25) is 23.4 Å². The van der Waals surface area contributed by atoms with Gasteiger partial charge in [-0.15, -0.1) is 0 Å². The number of aliphatic carboxylic acids is 1. The molecule has 0 bridgehead atoms. The van der Waals surface area contributed by atoms with Crippen LogP contribution in [-0.2, 0) is 37.5 Å². The summed E-state index contributed by atoms with van der Waals surface area (Å²) in [5, 5.41) is 8.91. The predicted octanol–water partition coefficient (Wildman–Crippen LogP) is 13.4. The SMILES string of the molecule is CCCCCC/C=C/CCCCCCCCCC(=O)O[C@@H](COC(=O)CCCCCCCCCCCCC/C=C/CCCCCCCC)COP(=O)(O)OC[C@H](N)C(=O)O. The van der Waals surface area contributed by atoms with Crippen molar-refractivity contribution in [2.24, 2.45) is 5.73 Å². The zero-order valence-corrected chi connectivity index (χ0v) is 39.2. The smallest absolute Gasteiger partial charge is 0.472 e. The second kappa shape index (κ2) is 43.6. The van der Waals surface area contributed by atoms with E-state index < -0.39 is 51.1 Å². The molecular weight excluding hydrogens is 781 g/mol. The van der Waals surface area contributed by atoms with Crippen LogP contribution in [-0.4, -0.2) is 59.9 Å². The van der Waals surface area contributed by atoms with Crippen LogP contribution in [0.2, 0.25) is 0 Å². The summed E-state index contributed by atoms with van der Waals surface area (Å²) < 4.78 is 32.8. The van der Waals surface area contributed by atoms with Crippen LogP contribution in [0.5, 0.6) is 0 Å². The first-order valence-corrected chi connectivity index (χ1v) is 25.9. The fraction of sp³-hybridized carbons (Fsp3) is 0.854. The molecule has 3 atom stereocenters. The lowest BCUT2D eigenvalue weighted by molar-refractivity contribution is -0.161. The van der Waals surface area contributed by atoms with E-state index in [-0.39, 0.29) is 19.4 Å². The lowest BCUT2D eigenvalue weighted by atomic mass is 10.0. The van der Waals surface area contributed by atoms with Gasteiger partial charge in [0.2, 0.25) is 0 Å². The molecule has 0 aliphatic carbocycles. The Bertz CT molecular complexity index is 1120. The number of carboxylic acid groups (broad SMARTS) is 1. The summed E-state index contributed by atoms with van der Waals surface area (Å²) in [5.74, 6) is -2.37. The number of ether oxygens (including phenoxy) is 2. The third-order valence-electron chi connectivity index (χ3n) is 10.7. The molecule has 0 saturated carbocycles. The van der Waals surface area contributed by atoms with Crippen molar-refractivity contribution in [1.29, 1.82) is 0 Å². The quantitative estimate of drug-likeness (QED) is 0.0230. The molecule has 0 fully saturated rings. The number of carboxylic acids is 1. The second-order valence-corrected chi connectivity index (χ2v) is 18.0. The van der Waals surface area contributed by atoms with E-state index in [0.717, 1.165) is 44.9 Å². The van der Waals surface area contributed by atoms with Gasteiger partial charge in [0.15, 0.2) is 6.10 Å². The molecule has 12 heteroatoms. The zero-order chi connectivity index (χ0) is 44.2. The molecule has 0 aromatic carbocycles. The number of hydrogen-bond donors (Lipinski definition) is 3. The molecule has 352 valence electrons. The normalized spacial score (nSPS) is 13.8. The number of carbonyl (C=O) groups excluding carboxylic acids is 2. The van der Waals surface area contributed by atoms with Crippen molar-refractivity contribution in [2.75, 3.05) is 19.8 Å². The maximum absolute atomic E-state index is 12.6. The molecule has 0 aliphatic heterocycles. The van der Waals surface area contributed by atoms with Crippen LogP contribution in [0.25, 0.3) is 0 Å². The number of nitrogens with two attached hydrogens (primary N) is 1. The first kappa shape index (κ1) is 58.0. The van der Waals surface area contributed by atoms with E-state index in [0.29, 0.717) is 12.8 Å². The van der Waals surface area contributed by atoms with Crippen molar-refractivity contribution < 1.29 is 47.5 Å². The average Bonchev–Trinajstić information content (AvgIpc) is 3.22. The number of unbranched alkanes of at least 4 members (excludes halogenated alkanes) is 28. The molecule has 0 radical (unpaired) electrons. The molecule has 1 unspecified atom stereocenters. The minimum Gasteiger partial charge on any atom is -0.480 e. The molecular formula is C48H90NO10P. The van der Waals surface area contributed by atoms with Gasteiger partial charge in [0, 0.05) is 12.8 Å². The zero-order valence-electron chi connectivity index (χ0n) is 38.3. The number of carbonyl (C=O) groups is 3. The summed E-state index contributed by atoms with van der Waals surface area (Å²) >= 11 is 0. The molecule has 0 rings (SSSR count). The molecule has 60 heavy (non-hydrogen) atoms. The van der Waals surface area contributed by atoms with Crippen molar-refractivity contribution in [2.45, 2.75) is 244 Å². The molecule has 0 amide bonds. The summed E-state index contributed by atoms with van der Waals surface area (Å²) in [6.45, 7) is 2.81. The predicted molar refractivity (Wildman–Crippen MR) is 245 cm³/mol. The maximum atomic E-state index is 12.6. The van der Waals surface area contributed by atoms with Crippen molar-refractivity contribution >= 4 is 25.7 Å². The number of phosphoric acid groups is 1. The Morgan fingerprint density at radius 1 is 0.500 bits per heavy atom. The van der Waals surface area contributed by atoms with Crippen LogP contribution in [0.1, 0.15) is 232 Å². The summed E-state index contributed by atoms with van der Waals surface area (Å²) in [5.41, 5.74) is 5.34. The van der Waals surface area contributed by atoms with Crippen LogP contribution in [0.15, 0.2) is 24.3 Å². The van der Waals surface area contributed by atoms with E-state index in [1.54, 1.807) is 0 Å². The molecule has 0 heterocycles. The fourth-order valence-electron chi connectivity index (χ4n) is 6.82. The van der Waals surface area contributed by atoms with Crippen molar-refractivity contribution in [1.82, 2.24) is 0 Å². The van der Waals surface area contributed by atoms with Gasteiger partial charge >= 0.3 is 25.7 Å². The largest absolute Gasteiger partial charge is 0.480 e. The Hall–Kier alpha value is -2.04. The number of esters is 2. The number of rotatable bonds is 46. The molecule has 0 aliphatic rings. The van der Waals surface area contributed by atoms with Crippen LogP contribution < -0.4 is 5.73 Å². The molecule has 4 N–H and O–H groups in total. The minimum absolute atomic E-state index is 0.158. The second-order valence-electron chi connectivity index (χ2n) is 16.6. The van der Waals surface area contributed by atoms with Gasteiger partial charge in [-0.05, 0) is 64.2 Å². The summed E-state index contributed by atoms with van der Waals surface area (Å²) in [6.07, 6.45) is 46.7. The molecule has 0 spiro atoms. The Kier molecular flexibility index (Phi) is 42.1. The van der Waals surface area contributed by atoms with Gasteiger partial charge in [0.05, 0.1) is 13.2 Å². The monoisotopic (exact) mass is 872 g/mol. The molecule has 0 aromatic rings. The number of hydrogen-bond acceptors (Lipinski definition) is 9. The van der Waals surface area contributed by atoms with Gasteiger partial charge in [0.25, 0.3) is 0 Å². The van der Waals surface area contributed by atoms with Gasteiger partial charge in [0.1, 0.15) is 12.6 Å². The van der Waals surface area contributed by atoms with E-state index in [1.165, 1.54) is 148 Å². The number of phosphoric ester groups is 1. The summed E-state index contributed by atoms with van der Waals surface area (Å²) in [6, 6.07) is -1.52. The van der Waals surface area contributed by atoms with E-state index in [9.17, 15) is 23.8 Å². The highest BCUT2D eigenvalue weighted by atomic mass is 31.2. The van der Waals surface area contributed by atoms with E-state index in [4.69, 9.17) is 24.8 Å². The van der Waals surface area contributed by atoms with Crippen LogP contribution in [0, 0.1) is 0 Å². The third kappa shape index (κ3) is 42.6. The molecule has 0 aromatic heterocycles. The van der Waals surface area contributed by atoms with E-state index in [2.05, 4.69) is 42.7 Å². The van der Waals surface area contributed by atoms with Crippen LogP contribution >= 0.6 is 7.82 Å². The Balaban J connectivity index is 4.24. The summed E-state index contributed by atoms with van der Waals surface area (Å²) in [7, 11) is -4.72. The van der Waals surface area contributed by atoms with Crippen molar-refractivity contribution in [3.05, 3.63) is 24.3 Å². The van der Waals surface area contributed by atoms with E-state index in [1.807, 2.05) is 0 Å². The minimum atomic E-state index is -4.72. The van der Waals surface area contributed by atoms with E-state index >= 15 is 0 Å².